The van der Waals surface area contributed by atoms with Gasteiger partial charge in [0, 0.05) is 37.3 Å². The fourth-order valence-electron chi connectivity index (χ4n) is 4.06. The normalized spacial score (nSPS) is 19.1. The number of ether oxygens (including phenoxy) is 1. The van der Waals surface area contributed by atoms with Gasteiger partial charge in [0.05, 0.1) is 18.4 Å². The molecule has 10 nitrogen and oxygen atoms in total. The molecule has 178 valence electrons. The van der Waals surface area contributed by atoms with Crippen molar-refractivity contribution in [3.63, 3.8) is 0 Å². The molecule has 2 aromatic rings. The Bertz CT molecular complexity index is 1170. The SMILES string of the molecule is Cc1nn2c(=O)c(C(=O)NC3CC3)c(O)n(CC(C)C)c2c1/C=C/C(=O)N1CCO[C@H](C)C1. The first-order valence-corrected chi connectivity index (χ1v) is 11.4. The first-order chi connectivity index (χ1) is 15.7. The molecule has 0 bridgehead atoms. The number of carbonyl (C=O) groups excluding carboxylic acids is 2. The molecule has 0 aromatic carbocycles. The summed E-state index contributed by atoms with van der Waals surface area (Å²) in [5.41, 5.74) is 0.421. The van der Waals surface area contributed by atoms with Crippen LogP contribution in [0.5, 0.6) is 5.88 Å². The third-order valence-corrected chi connectivity index (χ3v) is 5.86. The molecule has 0 spiro atoms. The van der Waals surface area contributed by atoms with Crippen molar-refractivity contribution < 1.29 is 19.4 Å². The first-order valence-electron chi connectivity index (χ1n) is 11.4. The summed E-state index contributed by atoms with van der Waals surface area (Å²) in [5.74, 6) is -1.03. The number of aryl methyl sites for hydroxylation is 1. The van der Waals surface area contributed by atoms with Crippen molar-refractivity contribution in [3.05, 3.63) is 33.3 Å². The van der Waals surface area contributed by atoms with E-state index in [4.69, 9.17) is 4.74 Å². The van der Waals surface area contributed by atoms with Crippen molar-refractivity contribution in [3.8, 4) is 5.88 Å². The summed E-state index contributed by atoms with van der Waals surface area (Å²) in [6.07, 6.45) is 4.78. The molecule has 33 heavy (non-hydrogen) atoms. The average molecular weight is 458 g/mol. The van der Waals surface area contributed by atoms with E-state index in [0.29, 0.717) is 43.1 Å². The molecule has 4 rings (SSSR count). The van der Waals surface area contributed by atoms with Gasteiger partial charge in [-0.1, -0.05) is 13.8 Å². The predicted octanol–water partition coefficient (Wildman–Crippen LogP) is 1.32. The molecular formula is C23H31N5O5. The Balaban J connectivity index is 1.79. The van der Waals surface area contributed by atoms with Crippen molar-refractivity contribution in [1.82, 2.24) is 24.4 Å². The minimum atomic E-state index is -0.684. The van der Waals surface area contributed by atoms with E-state index >= 15 is 0 Å². The van der Waals surface area contributed by atoms with E-state index < -0.39 is 11.5 Å². The Hall–Kier alpha value is -3.14. The van der Waals surface area contributed by atoms with E-state index in [1.54, 1.807) is 17.9 Å². The number of nitrogens with zero attached hydrogens (tertiary/aromatic N) is 4. The minimum absolute atomic E-state index is 0.0248. The quantitative estimate of drug-likeness (QED) is 0.632. The molecule has 2 aliphatic rings. The number of hydrogen-bond acceptors (Lipinski definition) is 6. The maximum Gasteiger partial charge on any atom is 0.291 e. The van der Waals surface area contributed by atoms with Gasteiger partial charge in [0.1, 0.15) is 5.65 Å². The molecule has 1 saturated heterocycles. The van der Waals surface area contributed by atoms with E-state index in [-0.39, 0.29) is 35.4 Å². The van der Waals surface area contributed by atoms with Gasteiger partial charge in [-0.2, -0.15) is 9.61 Å². The van der Waals surface area contributed by atoms with Crippen LogP contribution in [0.15, 0.2) is 10.9 Å². The summed E-state index contributed by atoms with van der Waals surface area (Å²) < 4.78 is 8.18. The van der Waals surface area contributed by atoms with E-state index in [0.717, 1.165) is 17.4 Å². The lowest BCUT2D eigenvalue weighted by Crippen LogP contribution is -2.43. The average Bonchev–Trinajstić information content (AvgIpc) is 3.50. The van der Waals surface area contributed by atoms with Crippen LogP contribution in [0.1, 0.15) is 55.2 Å². The lowest BCUT2D eigenvalue weighted by atomic mass is 10.1. The van der Waals surface area contributed by atoms with Gasteiger partial charge >= 0.3 is 0 Å². The van der Waals surface area contributed by atoms with Crippen LogP contribution in [0.25, 0.3) is 11.7 Å². The van der Waals surface area contributed by atoms with Crippen LogP contribution in [0.2, 0.25) is 0 Å². The second-order valence-corrected chi connectivity index (χ2v) is 9.29. The van der Waals surface area contributed by atoms with E-state index in [1.165, 1.54) is 10.6 Å². The number of fused-ring (bicyclic) bond motifs is 1. The van der Waals surface area contributed by atoms with Crippen molar-refractivity contribution in [2.24, 2.45) is 5.92 Å². The van der Waals surface area contributed by atoms with Crippen molar-refractivity contribution in [2.75, 3.05) is 19.7 Å². The summed E-state index contributed by atoms with van der Waals surface area (Å²) in [6.45, 7) is 9.47. The van der Waals surface area contributed by atoms with E-state index in [2.05, 4.69) is 10.4 Å². The first kappa shape index (κ1) is 23.0. The van der Waals surface area contributed by atoms with Crippen LogP contribution in [0.4, 0.5) is 0 Å². The van der Waals surface area contributed by atoms with Crippen LogP contribution in [0, 0.1) is 12.8 Å². The summed E-state index contributed by atoms with van der Waals surface area (Å²) in [4.78, 5) is 40.3. The Morgan fingerprint density at radius 3 is 2.70 bits per heavy atom. The zero-order valence-electron chi connectivity index (χ0n) is 19.5. The van der Waals surface area contributed by atoms with Crippen LogP contribution in [-0.4, -0.2) is 67.8 Å². The van der Waals surface area contributed by atoms with Crippen LogP contribution in [-0.2, 0) is 16.1 Å². The van der Waals surface area contributed by atoms with E-state index in [9.17, 15) is 19.5 Å². The molecule has 2 fully saturated rings. The van der Waals surface area contributed by atoms with Gasteiger partial charge in [-0.05, 0) is 38.7 Å². The topological polar surface area (TPSA) is 118 Å². The summed E-state index contributed by atoms with van der Waals surface area (Å²) in [6, 6.07) is 0.0392. The molecule has 2 aromatic heterocycles. The number of carbonyl (C=O) groups is 2. The van der Waals surface area contributed by atoms with Crippen LogP contribution >= 0.6 is 0 Å². The second kappa shape index (κ2) is 9.01. The number of morpholine rings is 1. The summed E-state index contributed by atoms with van der Waals surface area (Å²) in [7, 11) is 0. The molecule has 0 radical (unpaired) electrons. The standard InChI is InChI=1S/C23H31N5O5/c1-13(2)11-27-21-17(7-8-18(29)26-9-10-33-14(3)12-26)15(4)25-28(21)23(32)19(22(27)31)20(30)24-16-5-6-16/h7-8,13-14,16,31H,5-6,9-12H2,1-4H3,(H,24,30)/b8-7+/t14-/m1/s1. The lowest BCUT2D eigenvalue weighted by molar-refractivity contribution is -0.132. The highest BCUT2D eigenvalue weighted by Crippen LogP contribution is 2.26. The van der Waals surface area contributed by atoms with Gasteiger partial charge in [-0.25, -0.2) is 0 Å². The van der Waals surface area contributed by atoms with Gasteiger partial charge < -0.3 is 20.1 Å². The van der Waals surface area contributed by atoms with Crippen LogP contribution in [0.3, 0.4) is 0 Å². The number of aromatic hydroxyl groups is 1. The highest BCUT2D eigenvalue weighted by molar-refractivity contribution is 5.97. The molecule has 2 amide bonds. The Morgan fingerprint density at radius 1 is 1.33 bits per heavy atom. The van der Waals surface area contributed by atoms with Crippen molar-refractivity contribution in [2.45, 2.75) is 59.2 Å². The summed E-state index contributed by atoms with van der Waals surface area (Å²) >= 11 is 0. The Morgan fingerprint density at radius 2 is 2.06 bits per heavy atom. The summed E-state index contributed by atoms with van der Waals surface area (Å²) in [5, 5.41) is 18.1. The zero-order chi connectivity index (χ0) is 23.9. The smallest absolute Gasteiger partial charge is 0.291 e. The van der Waals surface area contributed by atoms with Gasteiger partial charge in [0.2, 0.25) is 11.8 Å². The predicted molar refractivity (Wildman–Crippen MR) is 122 cm³/mol. The molecule has 2 N–H and O–H groups in total. The van der Waals surface area contributed by atoms with Crippen LogP contribution < -0.4 is 10.9 Å². The van der Waals surface area contributed by atoms with Gasteiger partial charge in [0.25, 0.3) is 11.5 Å². The lowest BCUT2D eigenvalue weighted by Gasteiger charge is -2.30. The second-order valence-electron chi connectivity index (χ2n) is 9.29. The van der Waals surface area contributed by atoms with Gasteiger partial charge in [-0.15, -0.1) is 0 Å². The van der Waals surface area contributed by atoms with Crippen molar-refractivity contribution >= 4 is 23.5 Å². The molecule has 1 saturated carbocycles. The molecule has 1 aliphatic carbocycles. The Labute approximate surface area is 191 Å². The maximum atomic E-state index is 13.2. The van der Waals surface area contributed by atoms with Gasteiger partial charge in [0.15, 0.2) is 5.56 Å². The van der Waals surface area contributed by atoms with Crippen molar-refractivity contribution in [1.29, 1.82) is 0 Å². The van der Waals surface area contributed by atoms with Gasteiger partial charge in [-0.3, -0.25) is 19.0 Å². The number of rotatable bonds is 6. The molecular weight excluding hydrogens is 426 g/mol. The monoisotopic (exact) mass is 457 g/mol. The number of nitrogens with one attached hydrogen (secondary N) is 1. The third-order valence-electron chi connectivity index (χ3n) is 5.86. The molecule has 3 heterocycles. The largest absolute Gasteiger partial charge is 0.494 e. The fraction of sp³-hybridized carbons (Fsp3) is 0.565. The highest BCUT2D eigenvalue weighted by atomic mass is 16.5. The maximum absolute atomic E-state index is 13.2. The van der Waals surface area contributed by atoms with E-state index in [1.807, 2.05) is 20.8 Å². The molecule has 10 heteroatoms. The molecule has 1 aliphatic heterocycles. The number of aromatic nitrogens is 3. The number of hydrogen-bond donors (Lipinski definition) is 2. The molecule has 1 atom stereocenters. The highest BCUT2D eigenvalue weighted by Gasteiger charge is 2.30. The number of amides is 2. The Kier molecular flexibility index (Phi) is 6.29. The third kappa shape index (κ3) is 4.66. The zero-order valence-corrected chi connectivity index (χ0v) is 19.5. The molecule has 0 unspecified atom stereocenters. The minimum Gasteiger partial charge on any atom is -0.494 e. The fourth-order valence-corrected chi connectivity index (χ4v) is 4.06.